The Hall–Kier alpha value is -3.11. The fourth-order valence-electron chi connectivity index (χ4n) is 10.1. The van der Waals surface area contributed by atoms with Crippen LogP contribution in [-0.4, -0.2) is 68.8 Å². The van der Waals surface area contributed by atoms with Gasteiger partial charge in [0.15, 0.2) is 17.2 Å². The lowest BCUT2D eigenvalue weighted by atomic mass is 9.39. The highest BCUT2D eigenvalue weighted by atomic mass is 16.4. The van der Waals surface area contributed by atoms with Crippen LogP contribution in [0.2, 0.25) is 0 Å². The van der Waals surface area contributed by atoms with Gasteiger partial charge in [0.1, 0.15) is 17.8 Å². The predicted molar refractivity (Wildman–Crippen MR) is 168 cm³/mol. The summed E-state index contributed by atoms with van der Waals surface area (Å²) < 4.78 is 0. The number of rotatable bonds is 5. The van der Waals surface area contributed by atoms with Crippen molar-refractivity contribution in [3.8, 4) is 16.9 Å². The molecule has 3 fully saturated rings. The van der Waals surface area contributed by atoms with E-state index < -0.39 is 63.9 Å². The molecule has 45 heavy (non-hydrogen) atoms. The molecule has 1 saturated heterocycles. The summed E-state index contributed by atoms with van der Waals surface area (Å²) >= 11 is 0. The second kappa shape index (κ2) is 11.0. The van der Waals surface area contributed by atoms with Crippen LogP contribution in [0.5, 0.6) is 5.75 Å². The first-order chi connectivity index (χ1) is 21.2. The van der Waals surface area contributed by atoms with Crippen LogP contribution in [0.1, 0.15) is 68.4 Å². The van der Waals surface area contributed by atoms with Crippen LogP contribution in [0.3, 0.4) is 0 Å². The number of nitrogens with one attached hydrogen (secondary N) is 1. The monoisotopic (exact) mass is 618 g/mol. The van der Waals surface area contributed by atoms with Gasteiger partial charge in [0.2, 0.25) is 5.91 Å². The van der Waals surface area contributed by atoms with Crippen molar-refractivity contribution in [2.45, 2.75) is 77.6 Å². The molecular formula is C36H46N2O7. The summed E-state index contributed by atoms with van der Waals surface area (Å²) in [4.78, 5) is 40.8. The molecule has 0 radical (unpaired) electrons. The highest BCUT2D eigenvalue weighted by molar-refractivity contribution is 6.09. The topological polar surface area (TPSA) is 170 Å². The van der Waals surface area contributed by atoms with Crippen LogP contribution in [0.25, 0.3) is 11.1 Å². The van der Waals surface area contributed by atoms with Crippen LogP contribution in [-0.2, 0) is 22.4 Å². The number of phenols is 1. The molecule has 0 spiro atoms. The lowest BCUT2D eigenvalue weighted by Crippen LogP contribution is -2.79. The maximum atomic E-state index is 14.4. The lowest BCUT2D eigenvalue weighted by Gasteiger charge is -2.66. The Labute approximate surface area is 264 Å². The molecule has 2 aromatic rings. The van der Waals surface area contributed by atoms with Gasteiger partial charge in [-0.25, -0.2) is 0 Å². The first kappa shape index (κ1) is 31.9. The molecular weight excluding hydrogens is 572 g/mol. The summed E-state index contributed by atoms with van der Waals surface area (Å²) in [6.45, 7) is 9.25. The number of aliphatic hydroxyl groups excluding tert-OH is 2. The SMILES string of the molecule is CC(C)[C@H]1C(O)[C@@H](C(N)=O)C(=O)[C@]2(O)C(O)[C@H]3C(=O)c4c(O)ccc(-c5cccc(CC6CCNCC6)c5)c4C[C@]3(C)C[C@]12C. The highest BCUT2D eigenvalue weighted by Crippen LogP contribution is 2.66. The van der Waals surface area contributed by atoms with Gasteiger partial charge in [-0.05, 0) is 96.7 Å². The fourth-order valence-corrected chi connectivity index (χ4v) is 10.1. The Morgan fingerprint density at radius 2 is 1.78 bits per heavy atom. The van der Waals surface area contributed by atoms with Gasteiger partial charge in [-0.1, -0.05) is 58.0 Å². The van der Waals surface area contributed by atoms with E-state index in [0.717, 1.165) is 43.5 Å². The van der Waals surface area contributed by atoms with E-state index in [2.05, 4.69) is 17.4 Å². The maximum Gasteiger partial charge on any atom is 0.230 e. The number of Topliss-reactive ketones (excluding diaryl/α,β-unsaturated/α-hetero) is 2. The van der Waals surface area contributed by atoms with E-state index in [1.807, 2.05) is 39.0 Å². The summed E-state index contributed by atoms with van der Waals surface area (Å²) in [5, 5.41) is 50.2. The number of aliphatic hydroxyl groups is 3. The van der Waals surface area contributed by atoms with Crippen LogP contribution >= 0.6 is 0 Å². The molecule has 6 rings (SSSR count). The smallest absolute Gasteiger partial charge is 0.230 e. The predicted octanol–water partition coefficient (Wildman–Crippen LogP) is 2.78. The normalized spacial score (nSPS) is 36.8. The molecule has 9 nitrogen and oxygen atoms in total. The minimum atomic E-state index is -2.52. The van der Waals surface area contributed by atoms with Crippen LogP contribution in [0, 0.1) is 40.4 Å². The standard InChI is InChI=1S/C36H46N2O7/c1-18(2)27-30(41)26(33(37)44)31(42)36(45)32(43)28-29(40)25-23(16-34(28,3)17-35(27,36)4)22(8-9-24(25)39)21-7-5-6-20(15-21)14-19-10-12-38-13-11-19/h5-9,15,18-19,26-28,30,32,38-39,41,43,45H,10-14,16-17H2,1-4H3,(H2,37,44)/t26-,27+,28-,30?,32?,34-,35-,36+/m1/s1. The number of amides is 1. The van der Waals surface area contributed by atoms with E-state index in [1.165, 1.54) is 11.6 Å². The minimum Gasteiger partial charge on any atom is -0.507 e. The molecule has 0 aromatic heterocycles. The molecule has 8 atom stereocenters. The van der Waals surface area contributed by atoms with Crippen molar-refractivity contribution in [1.29, 1.82) is 0 Å². The quantitative estimate of drug-likeness (QED) is 0.278. The van der Waals surface area contributed by atoms with Gasteiger partial charge >= 0.3 is 0 Å². The zero-order chi connectivity index (χ0) is 32.6. The number of hydrogen-bond donors (Lipinski definition) is 6. The summed E-state index contributed by atoms with van der Waals surface area (Å²) in [7, 11) is 0. The molecule has 3 aliphatic carbocycles. The van der Waals surface area contributed by atoms with Gasteiger partial charge in [-0.2, -0.15) is 0 Å². The lowest BCUT2D eigenvalue weighted by molar-refractivity contribution is -0.265. The summed E-state index contributed by atoms with van der Waals surface area (Å²) in [5.41, 5.74) is 4.41. The third-order valence-corrected chi connectivity index (χ3v) is 11.9. The van der Waals surface area contributed by atoms with Gasteiger partial charge in [0, 0.05) is 5.41 Å². The number of fused-ring (bicyclic) bond motifs is 3. The minimum absolute atomic E-state index is 0.0835. The fraction of sp³-hybridized carbons (Fsp3) is 0.583. The first-order valence-corrected chi connectivity index (χ1v) is 16.3. The second-order valence-corrected chi connectivity index (χ2v) is 15.1. The van der Waals surface area contributed by atoms with Crippen molar-refractivity contribution in [2.24, 2.45) is 46.2 Å². The number of piperidine rings is 1. The average molecular weight is 619 g/mol. The number of ketones is 2. The molecule has 1 amide bonds. The summed E-state index contributed by atoms with van der Waals surface area (Å²) in [6.07, 6.45) is 0.258. The van der Waals surface area contributed by atoms with Crippen molar-refractivity contribution < 1.29 is 34.8 Å². The van der Waals surface area contributed by atoms with Gasteiger partial charge in [-0.15, -0.1) is 0 Å². The molecule has 1 heterocycles. The Kier molecular flexibility index (Phi) is 7.79. The van der Waals surface area contributed by atoms with Crippen molar-refractivity contribution in [1.82, 2.24) is 5.32 Å². The molecule has 0 bridgehead atoms. The molecule has 4 aliphatic rings. The van der Waals surface area contributed by atoms with E-state index in [-0.39, 0.29) is 30.1 Å². The third-order valence-electron chi connectivity index (χ3n) is 11.9. The largest absolute Gasteiger partial charge is 0.507 e. The Balaban J connectivity index is 1.46. The number of primary amides is 1. The van der Waals surface area contributed by atoms with Crippen molar-refractivity contribution in [3.63, 3.8) is 0 Å². The Morgan fingerprint density at radius 3 is 2.42 bits per heavy atom. The molecule has 2 aromatic carbocycles. The second-order valence-electron chi connectivity index (χ2n) is 15.1. The summed E-state index contributed by atoms with van der Waals surface area (Å²) in [6, 6.07) is 11.6. The van der Waals surface area contributed by atoms with Crippen LogP contribution < -0.4 is 11.1 Å². The number of phenolic OH excluding ortho intramolecular Hbond substituents is 1. The average Bonchev–Trinajstić information content (AvgIpc) is 2.95. The Morgan fingerprint density at radius 1 is 1.09 bits per heavy atom. The highest BCUT2D eigenvalue weighted by Gasteiger charge is 2.75. The first-order valence-electron chi connectivity index (χ1n) is 16.3. The number of benzene rings is 2. The molecule has 2 unspecified atom stereocenters. The van der Waals surface area contributed by atoms with Gasteiger partial charge in [0.25, 0.3) is 0 Å². The van der Waals surface area contributed by atoms with E-state index >= 15 is 0 Å². The zero-order valence-corrected chi connectivity index (χ0v) is 26.5. The molecule has 242 valence electrons. The number of hydrogen-bond acceptors (Lipinski definition) is 8. The number of carbonyl (C=O) groups is 3. The zero-order valence-electron chi connectivity index (χ0n) is 26.5. The third kappa shape index (κ3) is 4.60. The molecule has 2 saturated carbocycles. The van der Waals surface area contributed by atoms with Crippen LogP contribution in [0.15, 0.2) is 36.4 Å². The van der Waals surface area contributed by atoms with Gasteiger partial charge in [-0.3, -0.25) is 14.4 Å². The Bertz CT molecular complexity index is 1550. The van der Waals surface area contributed by atoms with Crippen molar-refractivity contribution in [3.05, 3.63) is 53.1 Å². The van der Waals surface area contributed by atoms with Gasteiger partial charge < -0.3 is 31.5 Å². The van der Waals surface area contributed by atoms with E-state index in [1.54, 1.807) is 6.92 Å². The van der Waals surface area contributed by atoms with E-state index in [9.17, 15) is 34.8 Å². The summed E-state index contributed by atoms with van der Waals surface area (Å²) in [5.74, 6) is -6.37. The van der Waals surface area contributed by atoms with Crippen molar-refractivity contribution >= 4 is 17.5 Å². The maximum absolute atomic E-state index is 14.4. The number of nitrogens with two attached hydrogens (primary N) is 1. The van der Waals surface area contributed by atoms with E-state index in [0.29, 0.717) is 11.5 Å². The molecule has 7 N–H and O–H groups in total. The van der Waals surface area contributed by atoms with Gasteiger partial charge in [0.05, 0.1) is 17.6 Å². The molecule has 1 aliphatic heterocycles. The van der Waals surface area contributed by atoms with E-state index in [4.69, 9.17) is 5.73 Å². The number of aromatic hydroxyl groups is 1. The van der Waals surface area contributed by atoms with Crippen molar-refractivity contribution in [2.75, 3.05) is 13.1 Å². The molecule has 9 heteroatoms. The number of carbonyl (C=O) groups excluding carboxylic acids is 3. The van der Waals surface area contributed by atoms with Crippen LogP contribution in [0.4, 0.5) is 0 Å².